The molecule has 158 valence electrons. The van der Waals surface area contributed by atoms with Gasteiger partial charge in [-0.25, -0.2) is 9.18 Å². The average molecular weight is 414 g/mol. The lowest BCUT2D eigenvalue weighted by Gasteiger charge is -2.36. The van der Waals surface area contributed by atoms with Crippen LogP contribution in [0.4, 0.5) is 29.3 Å². The van der Waals surface area contributed by atoms with Gasteiger partial charge in [-0.05, 0) is 18.2 Å². The predicted molar refractivity (Wildman–Crippen MR) is 97.2 cm³/mol. The zero-order chi connectivity index (χ0) is 21.1. The van der Waals surface area contributed by atoms with Gasteiger partial charge in [-0.15, -0.1) is 0 Å². The number of hydrogen-bond acceptors (Lipinski definition) is 5. The third-order valence-corrected chi connectivity index (χ3v) is 4.82. The number of alkyl halides is 2. The lowest BCUT2D eigenvalue weighted by Crippen LogP contribution is -2.50. The molecule has 2 aliphatic heterocycles. The predicted octanol–water partition coefficient (Wildman–Crippen LogP) is 1.55. The van der Waals surface area contributed by atoms with Crippen molar-refractivity contribution in [2.24, 2.45) is 0 Å². The number of anilines is 2. The number of rotatable bonds is 5. The second kappa shape index (κ2) is 8.58. The van der Waals surface area contributed by atoms with Crippen LogP contribution in [-0.4, -0.2) is 68.2 Å². The van der Waals surface area contributed by atoms with E-state index in [1.165, 1.54) is 17.0 Å². The molecule has 0 aromatic heterocycles. The zero-order valence-corrected chi connectivity index (χ0v) is 15.7. The van der Waals surface area contributed by atoms with Crippen molar-refractivity contribution in [3.05, 3.63) is 24.0 Å². The van der Waals surface area contributed by atoms with Crippen LogP contribution in [0, 0.1) is 5.82 Å². The average Bonchev–Trinajstić information content (AvgIpc) is 3.07. The first kappa shape index (κ1) is 20.7. The van der Waals surface area contributed by atoms with Crippen molar-refractivity contribution in [3.8, 4) is 0 Å². The normalized spacial score (nSPS) is 19.6. The minimum Gasteiger partial charge on any atom is -0.423 e. The Morgan fingerprint density at radius 3 is 2.52 bits per heavy atom. The van der Waals surface area contributed by atoms with Crippen LogP contribution < -0.4 is 15.1 Å². The highest BCUT2D eigenvalue weighted by molar-refractivity contribution is 5.90. The molecular weight excluding hydrogens is 393 g/mol. The third kappa shape index (κ3) is 4.54. The smallest absolute Gasteiger partial charge is 0.416 e. The number of ether oxygens (including phenoxy) is 1. The van der Waals surface area contributed by atoms with E-state index in [-0.39, 0.29) is 56.4 Å². The molecule has 1 unspecified atom stereocenters. The molecule has 3 rings (SSSR count). The summed E-state index contributed by atoms with van der Waals surface area (Å²) in [6, 6.07) is 4.21. The Morgan fingerprint density at radius 2 is 1.93 bits per heavy atom. The summed E-state index contributed by atoms with van der Waals surface area (Å²) in [5.74, 6) is -2.08. The van der Waals surface area contributed by atoms with Gasteiger partial charge >= 0.3 is 12.5 Å². The van der Waals surface area contributed by atoms with Gasteiger partial charge in [0.2, 0.25) is 5.91 Å². The van der Waals surface area contributed by atoms with Gasteiger partial charge in [0.05, 0.1) is 17.9 Å². The maximum absolute atomic E-state index is 14.7. The van der Waals surface area contributed by atoms with E-state index < -0.39 is 30.5 Å². The Labute approximate surface area is 165 Å². The van der Waals surface area contributed by atoms with E-state index in [4.69, 9.17) is 4.74 Å². The largest absolute Gasteiger partial charge is 0.423 e. The molecule has 3 amide bonds. The summed E-state index contributed by atoms with van der Waals surface area (Å²) in [5.41, 5.74) is 0.525. The van der Waals surface area contributed by atoms with Crippen LogP contribution in [0.25, 0.3) is 0 Å². The first-order valence-corrected chi connectivity index (χ1v) is 9.19. The van der Waals surface area contributed by atoms with Gasteiger partial charge in [-0.1, -0.05) is 6.92 Å². The molecule has 2 fully saturated rings. The fraction of sp³-hybridized carbons (Fsp3) is 0.500. The van der Waals surface area contributed by atoms with E-state index in [0.717, 1.165) is 4.90 Å². The number of benzene rings is 1. The van der Waals surface area contributed by atoms with E-state index in [1.807, 2.05) is 0 Å². The summed E-state index contributed by atoms with van der Waals surface area (Å²) in [7, 11) is 0. The number of amides is 3. The Kier molecular flexibility index (Phi) is 6.14. The lowest BCUT2D eigenvalue weighted by atomic mass is 10.2. The van der Waals surface area contributed by atoms with Gasteiger partial charge in [-0.3, -0.25) is 14.5 Å². The fourth-order valence-electron chi connectivity index (χ4n) is 3.26. The highest BCUT2D eigenvalue weighted by Gasteiger charge is 2.34. The molecule has 2 saturated heterocycles. The fourth-order valence-corrected chi connectivity index (χ4v) is 3.26. The van der Waals surface area contributed by atoms with Gasteiger partial charge in [0.15, 0.2) is 6.23 Å². The molecular formula is C18H21F3N4O4. The molecule has 0 spiro atoms. The van der Waals surface area contributed by atoms with Gasteiger partial charge in [-0.2, -0.15) is 8.78 Å². The first-order valence-electron chi connectivity index (χ1n) is 9.19. The van der Waals surface area contributed by atoms with E-state index in [9.17, 15) is 27.6 Å². The molecule has 11 heteroatoms. The number of piperazine rings is 1. The van der Waals surface area contributed by atoms with Gasteiger partial charge in [0.1, 0.15) is 5.82 Å². The summed E-state index contributed by atoms with van der Waals surface area (Å²) in [5, 5.41) is 2.55. The molecule has 0 radical (unpaired) electrons. The second-order valence-corrected chi connectivity index (χ2v) is 6.65. The van der Waals surface area contributed by atoms with Crippen molar-refractivity contribution in [2.45, 2.75) is 26.0 Å². The van der Waals surface area contributed by atoms with E-state index in [0.29, 0.717) is 0 Å². The summed E-state index contributed by atoms with van der Waals surface area (Å²) in [4.78, 5) is 38.7. The molecule has 29 heavy (non-hydrogen) atoms. The van der Waals surface area contributed by atoms with Crippen molar-refractivity contribution in [1.29, 1.82) is 0 Å². The molecule has 0 bridgehead atoms. The van der Waals surface area contributed by atoms with Crippen LogP contribution in [0.3, 0.4) is 0 Å². The van der Waals surface area contributed by atoms with Gasteiger partial charge < -0.3 is 19.9 Å². The first-order chi connectivity index (χ1) is 13.8. The number of carbonyl (C=O) groups excluding carboxylic acids is 3. The van der Waals surface area contributed by atoms with Crippen LogP contribution in [0.1, 0.15) is 13.3 Å². The van der Waals surface area contributed by atoms with Crippen LogP contribution in [-0.2, 0) is 14.3 Å². The third-order valence-electron chi connectivity index (χ3n) is 4.82. The maximum Gasteiger partial charge on any atom is 0.416 e. The molecule has 1 atom stereocenters. The standard InChI is InChI=1S/C18H21F3N4O4/c1-2-14(26)22-15-10-25(18(28)29-15)11-3-4-13(12(19)9-11)23-5-7-24(8-6-23)17(27)16(20)21/h3-4,9,15-16H,2,5-8,10H2,1H3,(H,22,26). The lowest BCUT2D eigenvalue weighted by molar-refractivity contribution is -0.143. The maximum atomic E-state index is 14.7. The van der Waals surface area contributed by atoms with Gasteiger partial charge in [0, 0.05) is 32.6 Å². The Morgan fingerprint density at radius 1 is 1.24 bits per heavy atom. The van der Waals surface area contributed by atoms with Crippen LogP contribution in [0.2, 0.25) is 0 Å². The molecule has 1 aromatic carbocycles. The molecule has 0 aliphatic carbocycles. The number of nitrogens with one attached hydrogen (secondary N) is 1. The molecule has 2 heterocycles. The minimum absolute atomic E-state index is 0.0533. The molecule has 8 nitrogen and oxygen atoms in total. The number of cyclic esters (lactones) is 1. The van der Waals surface area contributed by atoms with E-state index >= 15 is 0 Å². The molecule has 1 N–H and O–H groups in total. The monoisotopic (exact) mass is 414 g/mol. The summed E-state index contributed by atoms with van der Waals surface area (Å²) >= 11 is 0. The Hall–Kier alpha value is -2.98. The van der Waals surface area contributed by atoms with Crippen molar-refractivity contribution >= 4 is 29.3 Å². The Bertz CT molecular complexity index is 799. The summed E-state index contributed by atoms with van der Waals surface area (Å²) in [6.45, 7) is 2.29. The highest BCUT2D eigenvalue weighted by atomic mass is 19.3. The van der Waals surface area contributed by atoms with Crippen molar-refractivity contribution < 1.29 is 32.3 Å². The van der Waals surface area contributed by atoms with Crippen molar-refractivity contribution in [1.82, 2.24) is 10.2 Å². The van der Waals surface area contributed by atoms with E-state index in [1.54, 1.807) is 17.9 Å². The molecule has 1 aromatic rings. The summed E-state index contributed by atoms with van der Waals surface area (Å²) in [6.07, 6.45) is -4.31. The molecule has 0 saturated carbocycles. The molecule has 2 aliphatic rings. The SMILES string of the molecule is CCC(=O)NC1CN(c2ccc(N3CCN(C(=O)C(F)F)CC3)c(F)c2)C(=O)O1. The minimum atomic E-state index is -3.05. The number of halogens is 3. The highest BCUT2D eigenvalue weighted by Crippen LogP contribution is 2.28. The number of nitrogens with zero attached hydrogens (tertiary/aromatic N) is 3. The number of hydrogen-bond donors (Lipinski definition) is 1. The quantitative estimate of drug-likeness (QED) is 0.791. The van der Waals surface area contributed by atoms with Crippen molar-refractivity contribution in [2.75, 3.05) is 42.5 Å². The zero-order valence-electron chi connectivity index (χ0n) is 15.7. The van der Waals surface area contributed by atoms with Crippen molar-refractivity contribution in [3.63, 3.8) is 0 Å². The van der Waals surface area contributed by atoms with E-state index in [2.05, 4.69) is 5.32 Å². The van der Waals surface area contributed by atoms with Gasteiger partial charge in [0.25, 0.3) is 5.91 Å². The van der Waals surface area contributed by atoms with Crippen LogP contribution >= 0.6 is 0 Å². The Balaban J connectivity index is 1.65. The van der Waals surface area contributed by atoms with Crippen LogP contribution in [0.5, 0.6) is 0 Å². The van der Waals surface area contributed by atoms with Crippen LogP contribution in [0.15, 0.2) is 18.2 Å². The summed E-state index contributed by atoms with van der Waals surface area (Å²) < 4.78 is 44.8. The topological polar surface area (TPSA) is 82.2 Å². The second-order valence-electron chi connectivity index (χ2n) is 6.65. The number of carbonyl (C=O) groups is 3.